The van der Waals surface area contributed by atoms with Crippen LogP contribution in [0.3, 0.4) is 0 Å². The van der Waals surface area contributed by atoms with Crippen LogP contribution in [0.5, 0.6) is 5.75 Å². The number of hydrogen-bond acceptors (Lipinski definition) is 4. The highest BCUT2D eigenvalue weighted by molar-refractivity contribution is 6.09. The van der Waals surface area contributed by atoms with Crippen LogP contribution >= 0.6 is 0 Å². The fraction of sp³-hybridized carbons (Fsp3) is 0.276. The lowest BCUT2D eigenvalue weighted by molar-refractivity contribution is -0.135. The fourth-order valence-corrected chi connectivity index (χ4v) is 5.07. The van der Waals surface area contributed by atoms with Gasteiger partial charge in [0.2, 0.25) is 5.91 Å². The SMILES string of the molecule is COc1ccc([C@H](NC(=O)CN2C(=O)N[C@](C)(c3ccc4c(c3)CCC4)C2=O)c2ccccc2)cc1. The fourth-order valence-electron chi connectivity index (χ4n) is 5.07. The summed E-state index contributed by atoms with van der Waals surface area (Å²) in [6.45, 7) is 1.33. The van der Waals surface area contributed by atoms with Crippen LogP contribution in [-0.4, -0.2) is 36.4 Å². The summed E-state index contributed by atoms with van der Waals surface area (Å²) in [5.41, 5.74) is 3.79. The predicted molar refractivity (Wildman–Crippen MR) is 135 cm³/mol. The molecule has 1 heterocycles. The number of amides is 4. The molecule has 3 aromatic rings. The first-order valence-electron chi connectivity index (χ1n) is 12.1. The van der Waals surface area contributed by atoms with Crippen molar-refractivity contribution in [2.75, 3.05) is 13.7 Å². The van der Waals surface area contributed by atoms with E-state index in [0.717, 1.165) is 40.9 Å². The summed E-state index contributed by atoms with van der Waals surface area (Å²) in [5, 5.41) is 5.82. The summed E-state index contributed by atoms with van der Waals surface area (Å²) in [5.74, 6) is -0.148. The summed E-state index contributed by atoms with van der Waals surface area (Å²) in [4.78, 5) is 40.4. The largest absolute Gasteiger partial charge is 0.497 e. The summed E-state index contributed by atoms with van der Waals surface area (Å²) in [7, 11) is 1.60. The van der Waals surface area contributed by atoms with Gasteiger partial charge in [-0.15, -0.1) is 0 Å². The first-order chi connectivity index (χ1) is 17.4. The highest BCUT2D eigenvalue weighted by Crippen LogP contribution is 2.32. The van der Waals surface area contributed by atoms with Gasteiger partial charge in [-0.25, -0.2) is 4.79 Å². The van der Waals surface area contributed by atoms with Gasteiger partial charge in [-0.05, 0) is 66.1 Å². The zero-order valence-corrected chi connectivity index (χ0v) is 20.4. The molecule has 2 atom stereocenters. The highest BCUT2D eigenvalue weighted by Gasteiger charge is 2.49. The Morgan fingerprint density at radius 1 is 1.00 bits per heavy atom. The van der Waals surface area contributed by atoms with Crippen LogP contribution in [0, 0.1) is 0 Å². The Bertz CT molecular complexity index is 1310. The van der Waals surface area contributed by atoms with Crippen molar-refractivity contribution < 1.29 is 19.1 Å². The van der Waals surface area contributed by atoms with Gasteiger partial charge in [-0.1, -0.05) is 60.7 Å². The number of imide groups is 1. The van der Waals surface area contributed by atoms with E-state index in [1.54, 1.807) is 14.0 Å². The van der Waals surface area contributed by atoms with Crippen LogP contribution in [0.4, 0.5) is 4.79 Å². The second-order valence-electron chi connectivity index (χ2n) is 9.47. The number of hydrogen-bond donors (Lipinski definition) is 2. The average Bonchev–Trinajstić information content (AvgIpc) is 3.46. The second-order valence-corrected chi connectivity index (χ2v) is 9.47. The van der Waals surface area contributed by atoms with Gasteiger partial charge in [0.15, 0.2) is 0 Å². The number of urea groups is 1. The maximum absolute atomic E-state index is 13.4. The van der Waals surface area contributed by atoms with Crippen LogP contribution in [-0.2, 0) is 28.0 Å². The van der Waals surface area contributed by atoms with Crippen molar-refractivity contribution in [1.82, 2.24) is 15.5 Å². The monoisotopic (exact) mass is 483 g/mol. The van der Waals surface area contributed by atoms with E-state index in [1.807, 2.05) is 72.8 Å². The first-order valence-corrected chi connectivity index (χ1v) is 12.1. The van der Waals surface area contributed by atoms with E-state index in [0.29, 0.717) is 5.75 Å². The molecule has 3 aromatic carbocycles. The Balaban J connectivity index is 1.35. The molecule has 2 N–H and O–H groups in total. The molecule has 0 spiro atoms. The highest BCUT2D eigenvalue weighted by atomic mass is 16.5. The lowest BCUT2D eigenvalue weighted by atomic mass is 9.89. The molecular weight excluding hydrogens is 454 g/mol. The zero-order chi connectivity index (χ0) is 25.3. The Hall–Kier alpha value is -4.13. The van der Waals surface area contributed by atoms with E-state index < -0.39 is 29.4 Å². The van der Waals surface area contributed by atoms with Crippen molar-refractivity contribution in [3.05, 3.63) is 101 Å². The number of nitrogens with one attached hydrogen (secondary N) is 2. The Kier molecular flexibility index (Phi) is 6.22. The topological polar surface area (TPSA) is 87.7 Å². The van der Waals surface area contributed by atoms with Crippen LogP contribution in [0.1, 0.15) is 47.2 Å². The van der Waals surface area contributed by atoms with Crippen molar-refractivity contribution in [1.29, 1.82) is 0 Å². The Morgan fingerprint density at radius 3 is 2.42 bits per heavy atom. The van der Waals surface area contributed by atoms with Crippen molar-refractivity contribution in [3.8, 4) is 5.75 Å². The van der Waals surface area contributed by atoms with E-state index in [-0.39, 0.29) is 6.54 Å². The molecule has 0 unspecified atom stereocenters. The van der Waals surface area contributed by atoms with E-state index in [2.05, 4.69) is 10.6 Å². The zero-order valence-electron chi connectivity index (χ0n) is 20.4. The van der Waals surface area contributed by atoms with E-state index in [9.17, 15) is 14.4 Å². The van der Waals surface area contributed by atoms with Crippen LogP contribution in [0.25, 0.3) is 0 Å². The Morgan fingerprint density at radius 2 is 1.69 bits per heavy atom. The number of aryl methyl sites for hydroxylation is 2. The molecule has 1 saturated heterocycles. The molecule has 0 radical (unpaired) electrons. The molecule has 5 rings (SSSR count). The quantitative estimate of drug-likeness (QED) is 0.500. The number of carbonyl (C=O) groups excluding carboxylic acids is 3. The van der Waals surface area contributed by atoms with Gasteiger partial charge in [-0.2, -0.15) is 0 Å². The van der Waals surface area contributed by atoms with Gasteiger partial charge in [-0.3, -0.25) is 14.5 Å². The van der Waals surface area contributed by atoms with Gasteiger partial charge in [0.05, 0.1) is 13.2 Å². The van der Waals surface area contributed by atoms with Gasteiger partial charge >= 0.3 is 6.03 Å². The smallest absolute Gasteiger partial charge is 0.325 e. The van der Waals surface area contributed by atoms with Gasteiger partial charge < -0.3 is 15.4 Å². The molecule has 2 aliphatic rings. The molecule has 0 saturated carbocycles. The molecule has 0 bridgehead atoms. The summed E-state index contributed by atoms with van der Waals surface area (Å²) < 4.78 is 5.25. The lowest BCUT2D eigenvalue weighted by Gasteiger charge is -2.24. The van der Waals surface area contributed by atoms with E-state index in [1.165, 1.54) is 11.1 Å². The third kappa shape index (κ3) is 4.33. The average molecular weight is 484 g/mol. The second kappa shape index (κ2) is 9.49. The molecule has 4 amide bonds. The number of fused-ring (bicyclic) bond motifs is 1. The maximum Gasteiger partial charge on any atom is 0.325 e. The minimum atomic E-state index is -1.20. The normalized spacial score (nSPS) is 19.6. The third-order valence-electron chi connectivity index (χ3n) is 7.14. The molecule has 184 valence electrons. The number of methoxy groups -OCH3 is 1. The number of rotatable bonds is 7. The number of ether oxygens (including phenoxy) is 1. The van der Waals surface area contributed by atoms with E-state index >= 15 is 0 Å². The molecule has 7 nitrogen and oxygen atoms in total. The van der Waals surface area contributed by atoms with Crippen LogP contribution < -0.4 is 15.4 Å². The van der Waals surface area contributed by atoms with Gasteiger partial charge in [0.1, 0.15) is 17.8 Å². The van der Waals surface area contributed by atoms with Crippen molar-refractivity contribution in [2.24, 2.45) is 0 Å². The van der Waals surface area contributed by atoms with Gasteiger partial charge in [0, 0.05) is 0 Å². The molecule has 1 aliphatic carbocycles. The van der Waals surface area contributed by atoms with Crippen molar-refractivity contribution in [2.45, 2.75) is 37.8 Å². The van der Waals surface area contributed by atoms with Gasteiger partial charge in [0.25, 0.3) is 5.91 Å². The molecule has 7 heteroatoms. The van der Waals surface area contributed by atoms with Crippen LogP contribution in [0.2, 0.25) is 0 Å². The van der Waals surface area contributed by atoms with Crippen LogP contribution in [0.15, 0.2) is 72.8 Å². The number of nitrogens with zero attached hydrogens (tertiary/aromatic N) is 1. The molecule has 1 aliphatic heterocycles. The summed E-state index contributed by atoms with van der Waals surface area (Å²) in [6.07, 6.45) is 3.11. The minimum Gasteiger partial charge on any atom is -0.497 e. The number of benzene rings is 3. The maximum atomic E-state index is 13.4. The number of carbonyl (C=O) groups is 3. The lowest BCUT2D eigenvalue weighted by Crippen LogP contribution is -2.44. The summed E-state index contributed by atoms with van der Waals surface area (Å²) in [6, 6.07) is 21.9. The molecule has 1 fully saturated rings. The third-order valence-corrected chi connectivity index (χ3v) is 7.14. The summed E-state index contributed by atoms with van der Waals surface area (Å²) >= 11 is 0. The van der Waals surface area contributed by atoms with Crippen molar-refractivity contribution in [3.63, 3.8) is 0 Å². The predicted octanol–water partition coefficient (Wildman–Crippen LogP) is 3.86. The first kappa shape index (κ1) is 23.6. The van der Waals surface area contributed by atoms with E-state index in [4.69, 9.17) is 4.74 Å². The molecular formula is C29H29N3O4. The molecule has 36 heavy (non-hydrogen) atoms. The minimum absolute atomic E-state index is 0.370. The molecule has 0 aromatic heterocycles. The van der Waals surface area contributed by atoms with Crippen molar-refractivity contribution >= 4 is 17.8 Å². The Labute approximate surface area is 210 Å². The standard InChI is InChI=1S/C29H29N3O4/c1-29(23-14-11-19-9-6-10-22(19)17-23)27(34)32(28(35)31-29)18-25(33)30-26(20-7-4-3-5-8-20)21-12-15-24(36-2)16-13-21/h3-5,7-8,11-17,26H,6,9-10,18H2,1-2H3,(H,30,33)(H,31,35)/t26-,29-/m1/s1.